The molecule has 3 heterocycles. The molecule has 2 aliphatic heterocycles. The van der Waals surface area contributed by atoms with Gasteiger partial charge in [0, 0.05) is 32.3 Å². The smallest absolute Gasteiger partial charge is 0.261 e. The molecule has 2 aliphatic rings. The zero-order valence-corrected chi connectivity index (χ0v) is 16.4. The Hall–Kier alpha value is -3.24. The van der Waals surface area contributed by atoms with Gasteiger partial charge in [0.25, 0.3) is 11.8 Å². The predicted molar refractivity (Wildman–Crippen MR) is 108 cm³/mol. The molecule has 0 bridgehead atoms. The van der Waals surface area contributed by atoms with Gasteiger partial charge in [-0.1, -0.05) is 24.0 Å². The van der Waals surface area contributed by atoms with Crippen LogP contribution >= 0.6 is 0 Å². The highest BCUT2D eigenvalue weighted by Gasteiger charge is 2.34. The fraction of sp³-hybridized carbons (Fsp3) is 0.364. The molecule has 7 heteroatoms. The molecule has 29 heavy (non-hydrogen) atoms. The highest BCUT2D eigenvalue weighted by atomic mass is 16.5. The van der Waals surface area contributed by atoms with Gasteiger partial charge in [0.15, 0.2) is 0 Å². The van der Waals surface area contributed by atoms with Crippen LogP contribution in [0, 0.1) is 18.8 Å². The van der Waals surface area contributed by atoms with E-state index in [9.17, 15) is 9.59 Å². The van der Waals surface area contributed by atoms with Gasteiger partial charge in [-0.15, -0.1) is 0 Å². The molecule has 0 unspecified atom stereocenters. The second-order valence-electron chi connectivity index (χ2n) is 6.97. The Morgan fingerprint density at radius 2 is 1.79 bits per heavy atom. The minimum absolute atomic E-state index is 0.222. The molecule has 1 aromatic heterocycles. The summed E-state index contributed by atoms with van der Waals surface area (Å²) in [5.74, 6) is 7.40. The van der Waals surface area contributed by atoms with E-state index in [0.717, 1.165) is 24.5 Å². The zero-order chi connectivity index (χ0) is 20.2. The van der Waals surface area contributed by atoms with E-state index in [1.165, 1.54) is 4.90 Å². The average molecular weight is 390 g/mol. The Morgan fingerprint density at radius 3 is 2.48 bits per heavy atom. The topological polar surface area (TPSA) is 75.6 Å². The maximum atomic E-state index is 12.4. The number of carbonyl (C=O) groups is 2. The van der Waals surface area contributed by atoms with Gasteiger partial charge in [-0.2, -0.15) is 0 Å². The van der Waals surface area contributed by atoms with E-state index in [2.05, 4.69) is 26.7 Å². The number of fused-ring (bicyclic) bond motifs is 1. The van der Waals surface area contributed by atoms with Gasteiger partial charge in [0.05, 0.1) is 29.9 Å². The first-order valence-corrected chi connectivity index (χ1v) is 9.75. The van der Waals surface area contributed by atoms with Crippen molar-refractivity contribution in [3.8, 4) is 11.8 Å². The van der Waals surface area contributed by atoms with E-state index in [1.54, 1.807) is 30.5 Å². The second kappa shape index (κ2) is 8.41. The minimum Gasteiger partial charge on any atom is -0.378 e. The van der Waals surface area contributed by atoms with E-state index in [-0.39, 0.29) is 11.8 Å². The van der Waals surface area contributed by atoms with E-state index in [1.807, 2.05) is 6.92 Å². The Balaban J connectivity index is 1.38. The summed E-state index contributed by atoms with van der Waals surface area (Å²) >= 11 is 0. The quantitative estimate of drug-likeness (QED) is 0.452. The van der Waals surface area contributed by atoms with Gasteiger partial charge in [0.2, 0.25) is 0 Å². The Morgan fingerprint density at radius 1 is 1.10 bits per heavy atom. The molecule has 7 nitrogen and oxygen atoms in total. The maximum Gasteiger partial charge on any atom is 0.261 e. The number of aryl methyl sites for hydroxylation is 1. The van der Waals surface area contributed by atoms with E-state index in [0.29, 0.717) is 49.6 Å². The number of ether oxygens (including phenoxy) is 1. The highest BCUT2D eigenvalue weighted by Crippen LogP contribution is 2.22. The summed E-state index contributed by atoms with van der Waals surface area (Å²) in [7, 11) is 0. The van der Waals surface area contributed by atoms with Gasteiger partial charge >= 0.3 is 0 Å². The molecule has 2 aromatic rings. The van der Waals surface area contributed by atoms with Crippen molar-refractivity contribution < 1.29 is 14.3 Å². The number of hydrogen-bond acceptors (Lipinski definition) is 6. The van der Waals surface area contributed by atoms with E-state index >= 15 is 0 Å². The van der Waals surface area contributed by atoms with E-state index < -0.39 is 0 Å². The fourth-order valence-electron chi connectivity index (χ4n) is 3.49. The van der Waals surface area contributed by atoms with Crippen LogP contribution in [0.3, 0.4) is 0 Å². The van der Waals surface area contributed by atoms with Crippen molar-refractivity contribution in [3.05, 3.63) is 53.0 Å². The number of aromatic nitrogens is 2. The van der Waals surface area contributed by atoms with Crippen molar-refractivity contribution in [1.82, 2.24) is 14.9 Å². The summed E-state index contributed by atoms with van der Waals surface area (Å²) in [5, 5.41) is 0. The van der Waals surface area contributed by atoms with Crippen molar-refractivity contribution in [1.29, 1.82) is 0 Å². The van der Waals surface area contributed by atoms with Crippen LogP contribution in [-0.2, 0) is 4.74 Å². The van der Waals surface area contributed by atoms with Gasteiger partial charge in [-0.25, -0.2) is 9.97 Å². The van der Waals surface area contributed by atoms with Gasteiger partial charge < -0.3 is 9.64 Å². The van der Waals surface area contributed by atoms with Crippen molar-refractivity contribution in [2.45, 2.75) is 19.8 Å². The fourth-order valence-corrected chi connectivity index (χ4v) is 3.49. The van der Waals surface area contributed by atoms with Gasteiger partial charge in [-0.05, 0) is 25.5 Å². The van der Waals surface area contributed by atoms with E-state index in [4.69, 9.17) is 4.74 Å². The maximum absolute atomic E-state index is 12.4. The summed E-state index contributed by atoms with van der Waals surface area (Å²) in [6.07, 6.45) is 2.95. The number of amides is 2. The molecule has 0 spiro atoms. The standard InChI is InChI=1S/C22H22N4O3/c1-16-23-15-17(20(24-16)25-11-13-29-14-12-25)7-3-2-6-10-26-21(27)18-8-4-5-9-19(18)22(26)28/h4-5,8-9,15H,2,6,10-14H2,1H3. The van der Waals surface area contributed by atoms with Crippen LogP contribution < -0.4 is 4.90 Å². The van der Waals surface area contributed by atoms with Crippen LogP contribution in [-0.4, -0.2) is 59.5 Å². The molecule has 1 aromatic carbocycles. The minimum atomic E-state index is -0.222. The first-order valence-electron chi connectivity index (χ1n) is 9.75. The molecule has 0 saturated carbocycles. The number of morpholine rings is 1. The summed E-state index contributed by atoms with van der Waals surface area (Å²) in [4.78, 5) is 37.1. The van der Waals surface area contributed by atoms with Gasteiger partial charge in [0.1, 0.15) is 11.6 Å². The molecule has 0 N–H and O–H groups in total. The number of unbranched alkanes of at least 4 members (excludes halogenated alkanes) is 1. The van der Waals surface area contributed by atoms with Crippen molar-refractivity contribution in [2.75, 3.05) is 37.7 Å². The summed E-state index contributed by atoms with van der Waals surface area (Å²) in [6.45, 7) is 5.15. The average Bonchev–Trinajstić information content (AvgIpc) is 3.00. The summed E-state index contributed by atoms with van der Waals surface area (Å²) in [5.41, 5.74) is 1.75. The Kier molecular flexibility index (Phi) is 5.54. The first-order chi connectivity index (χ1) is 14.1. The van der Waals surface area contributed by atoms with Gasteiger partial charge in [-0.3, -0.25) is 14.5 Å². The summed E-state index contributed by atoms with van der Waals surface area (Å²) < 4.78 is 5.41. The number of rotatable bonds is 4. The van der Waals surface area contributed by atoms with Crippen LogP contribution in [0.2, 0.25) is 0 Å². The number of anilines is 1. The number of benzene rings is 1. The summed E-state index contributed by atoms with van der Waals surface area (Å²) in [6, 6.07) is 6.93. The third-order valence-electron chi connectivity index (χ3n) is 4.98. The molecule has 2 amide bonds. The zero-order valence-electron chi connectivity index (χ0n) is 16.4. The lowest BCUT2D eigenvalue weighted by atomic mass is 10.1. The molecular formula is C22H22N4O3. The van der Waals surface area contributed by atoms with Crippen LogP contribution in [0.25, 0.3) is 0 Å². The molecule has 0 radical (unpaired) electrons. The molecule has 4 rings (SSSR count). The number of carbonyl (C=O) groups excluding carboxylic acids is 2. The lowest BCUT2D eigenvalue weighted by molar-refractivity contribution is 0.0653. The Bertz CT molecular complexity index is 968. The molecular weight excluding hydrogens is 368 g/mol. The second-order valence-corrected chi connectivity index (χ2v) is 6.97. The molecule has 1 saturated heterocycles. The SMILES string of the molecule is Cc1ncc(C#CCCCN2C(=O)c3ccccc3C2=O)c(N2CCOCC2)n1. The first kappa shape index (κ1) is 19.1. The predicted octanol–water partition coefficient (Wildman–Crippen LogP) is 2.05. The van der Waals surface area contributed by atoms with Crippen LogP contribution in [0.1, 0.15) is 44.9 Å². The largest absolute Gasteiger partial charge is 0.378 e. The lowest BCUT2D eigenvalue weighted by Crippen LogP contribution is -2.37. The number of hydrogen-bond donors (Lipinski definition) is 0. The van der Waals surface area contributed by atoms with Crippen molar-refractivity contribution in [3.63, 3.8) is 0 Å². The van der Waals surface area contributed by atoms with Crippen LogP contribution in [0.5, 0.6) is 0 Å². The van der Waals surface area contributed by atoms with Crippen LogP contribution in [0.15, 0.2) is 30.5 Å². The molecule has 0 aliphatic carbocycles. The lowest BCUT2D eigenvalue weighted by Gasteiger charge is -2.28. The molecule has 1 fully saturated rings. The highest BCUT2D eigenvalue weighted by molar-refractivity contribution is 6.21. The normalized spacial score (nSPS) is 15.9. The van der Waals surface area contributed by atoms with Crippen molar-refractivity contribution in [2.24, 2.45) is 0 Å². The molecule has 0 atom stereocenters. The van der Waals surface area contributed by atoms with Crippen LogP contribution in [0.4, 0.5) is 5.82 Å². The number of imide groups is 1. The third-order valence-corrected chi connectivity index (χ3v) is 4.98. The monoisotopic (exact) mass is 390 g/mol. The third kappa shape index (κ3) is 3.98. The molecule has 148 valence electrons. The Labute approximate surface area is 169 Å². The van der Waals surface area contributed by atoms with Crippen molar-refractivity contribution >= 4 is 17.6 Å². The number of nitrogens with zero attached hydrogens (tertiary/aromatic N) is 4.